The lowest BCUT2D eigenvalue weighted by Crippen LogP contribution is -2.43. The van der Waals surface area contributed by atoms with Crippen molar-refractivity contribution >= 4 is 11.8 Å². The zero-order chi connectivity index (χ0) is 13.2. The molecule has 19 heavy (non-hydrogen) atoms. The maximum Gasteiger partial charge on any atom is 0.228 e. The highest BCUT2D eigenvalue weighted by Gasteiger charge is 2.39. The van der Waals surface area contributed by atoms with E-state index < -0.39 is 0 Å². The summed E-state index contributed by atoms with van der Waals surface area (Å²) in [6.07, 6.45) is 5.00. The molecule has 2 saturated heterocycles. The van der Waals surface area contributed by atoms with Crippen LogP contribution in [0.5, 0.6) is 0 Å². The number of hydrogen-bond donors (Lipinski definition) is 2. The Balaban J connectivity index is 1.60. The third kappa shape index (κ3) is 3.08. The van der Waals surface area contributed by atoms with Gasteiger partial charge >= 0.3 is 0 Å². The topological polar surface area (TPSA) is 61.4 Å². The van der Waals surface area contributed by atoms with Crippen molar-refractivity contribution in [3.63, 3.8) is 0 Å². The van der Waals surface area contributed by atoms with Gasteiger partial charge in [0.2, 0.25) is 11.8 Å². The van der Waals surface area contributed by atoms with Crippen LogP contribution >= 0.6 is 0 Å². The summed E-state index contributed by atoms with van der Waals surface area (Å²) in [5.74, 6) is 0.751. The van der Waals surface area contributed by atoms with E-state index >= 15 is 0 Å². The molecule has 0 bridgehead atoms. The first kappa shape index (κ1) is 12.9. The average Bonchev–Trinajstić information content (AvgIpc) is 3.18. The van der Waals surface area contributed by atoms with Crippen molar-refractivity contribution in [2.24, 2.45) is 11.8 Å². The smallest absolute Gasteiger partial charge is 0.228 e. The molecule has 2 heterocycles. The Morgan fingerprint density at radius 2 is 1.95 bits per heavy atom. The monoisotopic (exact) mass is 265 g/mol. The predicted octanol–water partition coefficient (Wildman–Crippen LogP) is 0.113. The van der Waals surface area contributed by atoms with Crippen LogP contribution in [-0.4, -0.2) is 48.9 Å². The number of amides is 2. The first-order chi connectivity index (χ1) is 9.24. The van der Waals surface area contributed by atoms with E-state index in [1.807, 2.05) is 0 Å². The summed E-state index contributed by atoms with van der Waals surface area (Å²) >= 11 is 0. The minimum Gasteiger partial charge on any atom is -0.355 e. The van der Waals surface area contributed by atoms with Gasteiger partial charge in [-0.2, -0.15) is 0 Å². The minimum atomic E-state index is -0.116. The summed E-state index contributed by atoms with van der Waals surface area (Å²) in [6, 6.07) is 0.457. The first-order valence-corrected chi connectivity index (χ1v) is 7.52. The Morgan fingerprint density at radius 3 is 2.53 bits per heavy atom. The third-order valence-electron chi connectivity index (χ3n) is 4.51. The van der Waals surface area contributed by atoms with Gasteiger partial charge in [-0.05, 0) is 44.7 Å². The van der Waals surface area contributed by atoms with E-state index in [1.165, 1.54) is 12.8 Å². The van der Waals surface area contributed by atoms with Crippen molar-refractivity contribution in [1.29, 1.82) is 0 Å². The molecule has 1 atom stereocenters. The van der Waals surface area contributed by atoms with Crippen LogP contribution in [-0.2, 0) is 9.59 Å². The fourth-order valence-corrected chi connectivity index (χ4v) is 3.16. The first-order valence-electron chi connectivity index (χ1n) is 7.52. The van der Waals surface area contributed by atoms with E-state index in [2.05, 4.69) is 15.5 Å². The fraction of sp³-hybridized carbons (Fsp3) is 0.857. The van der Waals surface area contributed by atoms with Gasteiger partial charge in [-0.1, -0.05) is 0 Å². The quantitative estimate of drug-likeness (QED) is 0.758. The fourth-order valence-electron chi connectivity index (χ4n) is 3.16. The Kier molecular flexibility index (Phi) is 3.73. The van der Waals surface area contributed by atoms with Gasteiger partial charge in [0.15, 0.2) is 0 Å². The van der Waals surface area contributed by atoms with Crippen LogP contribution in [0.4, 0.5) is 0 Å². The second kappa shape index (κ2) is 5.49. The van der Waals surface area contributed by atoms with Crippen molar-refractivity contribution in [1.82, 2.24) is 15.5 Å². The largest absolute Gasteiger partial charge is 0.355 e. The van der Waals surface area contributed by atoms with Crippen molar-refractivity contribution < 1.29 is 9.59 Å². The molecular formula is C14H23N3O2. The SMILES string of the molecule is O=C1CC(C(=O)N(CC2CCNCC2)C2CC2)CN1. The second-order valence-corrected chi connectivity index (χ2v) is 6.12. The van der Waals surface area contributed by atoms with E-state index in [0.717, 1.165) is 32.5 Å². The summed E-state index contributed by atoms with van der Waals surface area (Å²) < 4.78 is 0. The molecule has 0 aromatic rings. The number of nitrogens with one attached hydrogen (secondary N) is 2. The van der Waals surface area contributed by atoms with Crippen molar-refractivity contribution in [2.45, 2.75) is 38.1 Å². The lowest BCUT2D eigenvalue weighted by molar-refractivity contribution is -0.137. The molecule has 0 spiro atoms. The van der Waals surface area contributed by atoms with Crippen LogP contribution in [0.1, 0.15) is 32.1 Å². The van der Waals surface area contributed by atoms with Gasteiger partial charge in [0.1, 0.15) is 0 Å². The molecule has 2 N–H and O–H groups in total. The standard InChI is InChI=1S/C14H23N3O2/c18-13-7-11(8-16-13)14(19)17(12-1-2-12)9-10-3-5-15-6-4-10/h10-12,15H,1-9H2,(H,16,18). The molecule has 1 aliphatic carbocycles. The van der Waals surface area contributed by atoms with Crippen LogP contribution in [0.25, 0.3) is 0 Å². The summed E-state index contributed by atoms with van der Waals surface area (Å²) in [5.41, 5.74) is 0. The predicted molar refractivity (Wildman–Crippen MR) is 71.4 cm³/mol. The maximum absolute atomic E-state index is 12.6. The van der Waals surface area contributed by atoms with Crippen molar-refractivity contribution in [3.8, 4) is 0 Å². The Hall–Kier alpha value is -1.10. The molecule has 1 saturated carbocycles. The third-order valence-corrected chi connectivity index (χ3v) is 4.51. The van der Waals surface area contributed by atoms with Crippen molar-refractivity contribution in [3.05, 3.63) is 0 Å². The molecule has 2 aliphatic heterocycles. The summed E-state index contributed by atoms with van der Waals surface area (Å²) in [6.45, 7) is 3.57. The average molecular weight is 265 g/mol. The Morgan fingerprint density at radius 1 is 1.21 bits per heavy atom. The Labute approximate surface area is 114 Å². The molecular weight excluding hydrogens is 242 g/mol. The number of carbonyl (C=O) groups is 2. The highest BCUT2D eigenvalue weighted by molar-refractivity contribution is 5.89. The number of piperidine rings is 1. The van der Waals surface area contributed by atoms with Gasteiger partial charge in [0.05, 0.1) is 5.92 Å². The molecule has 0 aromatic carbocycles. The second-order valence-electron chi connectivity index (χ2n) is 6.12. The molecule has 5 nitrogen and oxygen atoms in total. The van der Waals surface area contributed by atoms with Gasteiger partial charge in [-0.25, -0.2) is 0 Å². The highest BCUT2D eigenvalue weighted by Crippen LogP contribution is 2.31. The van der Waals surface area contributed by atoms with Gasteiger partial charge in [0, 0.05) is 25.6 Å². The summed E-state index contributed by atoms with van der Waals surface area (Å²) in [4.78, 5) is 25.9. The van der Waals surface area contributed by atoms with Crippen LogP contribution in [0.2, 0.25) is 0 Å². The molecule has 2 amide bonds. The molecule has 3 rings (SSSR count). The zero-order valence-corrected chi connectivity index (χ0v) is 11.4. The van der Waals surface area contributed by atoms with E-state index in [4.69, 9.17) is 0 Å². The lowest BCUT2D eigenvalue weighted by Gasteiger charge is -2.31. The van der Waals surface area contributed by atoms with E-state index in [0.29, 0.717) is 24.9 Å². The van der Waals surface area contributed by atoms with E-state index in [9.17, 15) is 9.59 Å². The number of rotatable bonds is 4. The molecule has 106 valence electrons. The normalized spacial score (nSPS) is 28.2. The van der Waals surface area contributed by atoms with Crippen LogP contribution in [0, 0.1) is 11.8 Å². The van der Waals surface area contributed by atoms with Crippen LogP contribution < -0.4 is 10.6 Å². The molecule has 5 heteroatoms. The molecule has 1 unspecified atom stereocenters. The molecule has 0 aromatic heterocycles. The van der Waals surface area contributed by atoms with Gasteiger partial charge < -0.3 is 15.5 Å². The summed E-state index contributed by atoms with van der Waals surface area (Å²) in [7, 11) is 0. The lowest BCUT2D eigenvalue weighted by atomic mass is 9.96. The van der Waals surface area contributed by atoms with E-state index in [-0.39, 0.29) is 17.7 Å². The van der Waals surface area contributed by atoms with E-state index in [1.54, 1.807) is 0 Å². The number of carbonyl (C=O) groups excluding carboxylic acids is 2. The van der Waals surface area contributed by atoms with Gasteiger partial charge in [-0.15, -0.1) is 0 Å². The van der Waals surface area contributed by atoms with Gasteiger partial charge in [0.25, 0.3) is 0 Å². The molecule has 3 fully saturated rings. The minimum absolute atomic E-state index is 0.0240. The molecule has 0 radical (unpaired) electrons. The number of nitrogens with zero attached hydrogens (tertiary/aromatic N) is 1. The van der Waals surface area contributed by atoms with Crippen molar-refractivity contribution in [2.75, 3.05) is 26.2 Å². The maximum atomic E-state index is 12.6. The van der Waals surface area contributed by atoms with Crippen LogP contribution in [0.15, 0.2) is 0 Å². The Bertz CT molecular complexity index is 362. The van der Waals surface area contributed by atoms with Gasteiger partial charge in [-0.3, -0.25) is 9.59 Å². The molecule has 3 aliphatic rings. The van der Waals surface area contributed by atoms with Crippen LogP contribution in [0.3, 0.4) is 0 Å². The number of hydrogen-bond acceptors (Lipinski definition) is 3. The summed E-state index contributed by atoms with van der Waals surface area (Å²) in [5, 5.41) is 6.14. The highest BCUT2D eigenvalue weighted by atomic mass is 16.2. The zero-order valence-electron chi connectivity index (χ0n) is 11.4.